The van der Waals surface area contributed by atoms with E-state index < -0.39 is 5.41 Å². The summed E-state index contributed by atoms with van der Waals surface area (Å²) in [6.45, 7) is 20.9. The van der Waals surface area contributed by atoms with Gasteiger partial charge in [-0.05, 0) is 47.1 Å². The zero-order valence-electron chi connectivity index (χ0n) is 20.9. The lowest BCUT2D eigenvalue weighted by molar-refractivity contribution is -0.207. The van der Waals surface area contributed by atoms with Gasteiger partial charge in [-0.2, -0.15) is 0 Å². The highest BCUT2D eigenvalue weighted by molar-refractivity contribution is 7.45. The summed E-state index contributed by atoms with van der Waals surface area (Å²) < 4.78 is 19.4. The number of rotatable bonds is 8. The highest BCUT2D eigenvalue weighted by atomic mass is 31.1. The summed E-state index contributed by atoms with van der Waals surface area (Å²) in [7, 11) is 0.591. The Morgan fingerprint density at radius 1 is 0.871 bits per heavy atom. The van der Waals surface area contributed by atoms with E-state index in [2.05, 4.69) is 41.5 Å². The van der Waals surface area contributed by atoms with Gasteiger partial charge in [0.25, 0.3) is 0 Å². The Bertz CT molecular complexity index is 791. The van der Waals surface area contributed by atoms with Crippen LogP contribution in [0.3, 0.4) is 0 Å². The van der Waals surface area contributed by atoms with Crippen molar-refractivity contribution < 1.29 is 19.3 Å². The number of benzene rings is 1. The van der Waals surface area contributed by atoms with Gasteiger partial charge in [-0.15, -0.1) is 5.48 Å². The second-order valence-electron chi connectivity index (χ2n) is 10.3. The van der Waals surface area contributed by atoms with Gasteiger partial charge in [-0.3, -0.25) is 0 Å². The van der Waals surface area contributed by atoms with Crippen LogP contribution in [0, 0.1) is 10.8 Å². The maximum absolute atomic E-state index is 13.3. The molecule has 0 saturated carbocycles. The summed E-state index contributed by atoms with van der Waals surface area (Å²) in [5.74, 6) is 0.823. The van der Waals surface area contributed by atoms with E-state index in [9.17, 15) is 5.11 Å². The monoisotopic (exact) mass is 447 g/mol. The highest BCUT2D eigenvalue weighted by Crippen LogP contribution is 2.55. The van der Waals surface area contributed by atoms with Crippen molar-refractivity contribution in [1.82, 2.24) is 0 Å². The Hall–Kier alpha value is -1.19. The topological polar surface area (TPSA) is 50.8 Å². The van der Waals surface area contributed by atoms with E-state index in [1.807, 2.05) is 58.0 Å². The summed E-state index contributed by atoms with van der Waals surface area (Å²) in [4.78, 5) is 0. The fourth-order valence-corrected chi connectivity index (χ4v) is 5.88. The van der Waals surface area contributed by atoms with Crippen molar-refractivity contribution >= 4 is 13.7 Å². The maximum atomic E-state index is 13.3. The molecule has 2 unspecified atom stereocenters. The zero-order chi connectivity index (χ0) is 23.6. The molecule has 31 heavy (non-hydrogen) atoms. The van der Waals surface area contributed by atoms with Crippen LogP contribution in [0.25, 0.3) is 0 Å². The first-order valence-corrected chi connectivity index (χ1v) is 12.2. The van der Waals surface area contributed by atoms with Crippen molar-refractivity contribution in [3.63, 3.8) is 0 Å². The molecule has 1 aromatic rings. The summed E-state index contributed by atoms with van der Waals surface area (Å²) in [5, 5.41) is 14.2. The van der Waals surface area contributed by atoms with Gasteiger partial charge in [0.15, 0.2) is 0 Å². The number of hydrogen-bond donors (Lipinski definition) is 0. The van der Waals surface area contributed by atoms with E-state index in [1.54, 1.807) is 0 Å². The molecule has 0 N–H and O–H groups in total. The predicted molar refractivity (Wildman–Crippen MR) is 128 cm³/mol. The van der Waals surface area contributed by atoms with Crippen molar-refractivity contribution in [3.05, 3.63) is 47.0 Å². The molecule has 1 aliphatic carbocycles. The zero-order valence-corrected chi connectivity index (χ0v) is 21.7. The summed E-state index contributed by atoms with van der Waals surface area (Å²) in [5.41, 5.74) is -0.0392. The van der Waals surface area contributed by atoms with Gasteiger partial charge in [0, 0.05) is 16.1 Å². The van der Waals surface area contributed by atoms with E-state index in [1.165, 1.54) is 0 Å². The quantitative estimate of drug-likeness (QED) is 0.476. The van der Waals surface area contributed by atoms with Gasteiger partial charge in [-0.25, -0.2) is 0 Å². The first-order chi connectivity index (χ1) is 14.3. The molecule has 0 fully saturated rings. The molecule has 0 saturated heterocycles. The molecule has 4 nitrogen and oxygen atoms in total. The van der Waals surface area contributed by atoms with Crippen molar-refractivity contribution in [2.45, 2.75) is 99.8 Å². The smallest absolute Gasteiger partial charge is 0.115 e. The molecule has 0 bridgehead atoms. The van der Waals surface area contributed by atoms with Crippen LogP contribution in [-0.2, 0) is 14.2 Å². The van der Waals surface area contributed by atoms with Crippen LogP contribution in [-0.4, -0.2) is 36.0 Å². The molecule has 1 aliphatic rings. The molecular weight excluding hydrogens is 407 g/mol. The van der Waals surface area contributed by atoms with E-state index in [0.717, 1.165) is 11.1 Å². The predicted octanol–water partition coefficient (Wildman–Crippen LogP) is 5.76. The molecule has 1 aromatic carbocycles. The highest BCUT2D eigenvalue weighted by Gasteiger charge is 2.56. The van der Waals surface area contributed by atoms with E-state index in [-0.39, 0.29) is 41.4 Å². The largest absolute Gasteiger partial charge is 0.823 e. The van der Waals surface area contributed by atoms with Crippen molar-refractivity contribution in [2.75, 3.05) is 0 Å². The first kappa shape index (κ1) is 26.1. The third-order valence-electron chi connectivity index (χ3n) is 5.49. The molecule has 0 radical (unpaired) electrons. The second kappa shape index (κ2) is 10.2. The van der Waals surface area contributed by atoms with E-state index in [0.29, 0.717) is 13.8 Å². The van der Waals surface area contributed by atoms with Crippen LogP contribution in [0.5, 0.6) is 0 Å². The van der Waals surface area contributed by atoms with Crippen LogP contribution >= 0.6 is 8.20 Å². The number of hydrogen-bond acceptors (Lipinski definition) is 4. The normalized spacial score (nSPS) is 23.7. The lowest BCUT2D eigenvalue weighted by Crippen LogP contribution is -2.57. The minimum absolute atomic E-state index is 0.00233. The summed E-state index contributed by atoms with van der Waals surface area (Å²) in [6.07, 6.45) is -0.390. The molecule has 2 atom stereocenters. The van der Waals surface area contributed by atoms with Crippen LogP contribution in [0.4, 0.5) is 0 Å². The van der Waals surface area contributed by atoms with Crippen molar-refractivity contribution in [3.8, 4) is 0 Å². The Morgan fingerprint density at radius 3 is 1.90 bits per heavy atom. The molecule has 174 valence electrons. The Morgan fingerprint density at radius 2 is 1.42 bits per heavy atom. The average Bonchev–Trinajstić information content (AvgIpc) is 2.66. The number of ether oxygens (including phenoxy) is 3. The van der Waals surface area contributed by atoms with Crippen LogP contribution in [0.2, 0.25) is 0 Å². The molecule has 2 rings (SSSR count). The molecule has 0 aliphatic heterocycles. The third-order valence-corrected chi connectivity index (χ3v) is 6.63. The van der Waals surface area contributed by atoms with Crippen LogP contribution in [0.15, 0.2) is 41.4 Å². The Balaban J connectivity index is 2.78. The Kier molecular flexibility index (Phi) is 8.55. The first-order valence-electron chi connectivity index (χ1n) is 11.3. The molecule has 0 heterocycles. The lowest BCUT2D eigenvalue weighted by atomic mass is 9.63. The molecule has 5 heteroatoms. The van der Waals surface area contributed by atoms with E-state index in [4.69, 9.17) is 14.2 Å². The standard InChI is InChI=1S/C26H41O4P/c1-16(2)28-21-20(31-23(27)19-14-12-11-13-15-19)22(29-17(3)4)26(9,10)24(25(21,7)8)30-18(5)6/h11-18,21,24,27H,1-10H3/p-1. The lowest BCUT2D eigenvalue weighted by Gasteiger charge is -2.54. The Labute approximate surface area is 190 Å². The molecular formula is C26H40O4P-. The minimum atomic E-state index is -0.422. The van der Waals surface area contributed by atoms with Gasteiger partial charge < -0.3 is 19.3 Å². The summed E-state index contributed by atoms with van der Waals surface area (Å²) >= 11 is 0. The fraction of sp³-hybridized carbons (Fsp3) is 0.654. The molecule has 0 amide bonds. The third kappa shape index (κ3) is 5.99. The van der Waals surface area contributed by atoms with Crippen molar-refractivity contribution in [1.29, 1.82) is 0 Å². The van der Waals surface area contributed by atoms with Crippen LogP contribution < -0.4 is 5.11 Å². The SMILES string of the molecule is CC(C)OC1=C(P=C([O-])c2ccccc2)C(OC(C)C)C(C)(C)C(OC(C)C)C1(C)C. The van der Waals surface area contributed by atoms with Crippen LogP contribution in [0.1, 0.15) is 74.8 Å². The van der Waals surface area contributed by atoms with E-state index >= 15 is 0 Å². The van der Waals surface area contributed by atoms with Gasteiger partial charge in [0.1, 0.15) is 5.76 Å². The van der Waals surface area contributed by atoms with Gasteiger partial charge in [-0.1, -0.05) is 66.2 Å². The van der Waals surface area contributed by atoms with Gasteiger partial charge >= 0.3 is 0 Å². The molecule has 0 aromatic heterocycles. The summed E-state index contributed by atoms with van der Waals surface area (Å²) in [6, 6.07) is 9.44. The fourth-order valence-electron chi connectivity index (χ4n) is 4.43. The minimum Gasteiger partial charge on any atom is -0.823 e. The van der Waals surface area contributed by atoms with Crippen molar-refractivity contribution in [2.24, 2.45) is 10.8 Å². The average molecular weight is 448 g/mol. The second-order valence-corrected chi connectivity index (χ2v) is 11.4. The molecule has 0 spiro atoms. The van der Waals surface area contributed by atoms with Gasteiger partial charge in [0.05, 0.1) is 30.5 Å². The van der Waals surface area contributed by atoms with Gasteiger partial charge in [0.2, 0.25) is 0 Å². The maximum Gasteiger partial charge on any atom is 0.115 e.